The maximum absolute atomic E-state index is 8.84. The van der Waals surface area contributed by atoms with E-state index in [1.54, 1.807) is 0 Å². The monoisotopic (exact) mass is 244 g/mol. The maximum atomic E-state index is 8.84. The van der Waals surface area contributed by atoms with Gasteiger partial charge in [-0.15, -0.1) is 0 Å². The Kier molecular flexibility index (Phi) is 2.74. The fourth-order valence-corrected chi connectivity index (χ4v) is 2.27. The van der Waals surface area contributed by atoms with E-state index in [0.717, 1.165) is 16.6 Å². The van der Waals surface area contributed by atoms with E-state index in [2.05, 4.69) is 30.1 Å². The zero-order chi connectivity index (χ0) is 13.2. The molecule has 2 heteroatoms. The van der Waals surface area contributed by atoms with Crippen molar-refractivity contribution < 1.29 is 0 Å². The molecule has 0 unspecified atom stereocenters. The summed E-state index contributed by atoms with van der Waals surface area (Å²) in [4.78, 5) is 4.55. The average molecular weight is 244 g/mol. The van der Waals surface area contributed by atoms with Crippen LogP contribution in [-0.2, 0) is 0 Å². The number of hydrogen-bond donors (Lipinski definition) is 0. The molecule has 2 nitrogen and oxygen atoms in total. The first-order valence-corrected chi connectivity index (χ1v) is 6.14. The number of aromatic nitrogens is 1. The summed E-state index contributed by atoms with van der Waals surface area (Å²) in [7, 11) is 0. The fraction of sp³-hybridized carbons (Fsp3) is 0.0588. The lowest BCUT2D eigenvalue weighted by Crippen LogP contribution is -1.89. The first-order valence-electron chi connectivity index (χ1n) is 6.14. The number of nitrogens with zero attached hydrogens (tertiary/aromatic N) is 2. The van der Waals surface area contributed by atoms with E-state index in [9.17, 15) is 0 Å². The summed E-state index contributed by atoms with van der Waals surface area (Å²) in [6.45, 7) is 2.07. The largest absolute Gasteiger partial charge is 0.255 e. The Morgan fingerprint density at radius 3 is 2.32 bits per heavy atom. The maximum Gasteiger partial charge on any atom is 0.0991 e. The van der Waals surface area contributed by atoms with E-state index in [-0.39, 0.29) is 0 Å². The van der Waals surface area contributed by atoms with Crippen LogP contribution in [0.4, 0.5) is 0 Å². The first-order chi connectivity index (χ1) is 9.29. The highest BCUT2D eigenvalue weighted by atomic mass is 14.7. The van der Waals surface area contributed by atoms with Crippen molar-refractivity contribution >= 4 is 10.8 Å². The number of hydrogen-bond acceptors (Lipinski definition) is 2. The molecule has 0 atom stereocenters. The van der Waals surface area contributed by atoms with Gasteiger partial charge >= 0.3 is 0 Å². The summed E-state index contributed by atoms with van der Waals surface area (Å²) >= 11 is 0. The SMILES string of the molecule is Cc1cnc(-c2ccc(C#N)cc2)c2ccccc12. The molecule has 0 N–H and O–H groups in total. The number of benzene rings is 2. The summed E-state index contributed by atoms with van der Waals surface area (Å²) in [5, 5.41) is 11.2. The van der Waals surface area contributed by atoms with Crippen LogP contribution in [0, 0.1) is 18.3 Å². The van der Waals surface area contributed by atoms with Gasteiger partial charge in [0.25, 0.3) is 0 Å². The fourth-order valence-electron chi connectivity index (χ4n) is 2.27. The summed E-state index contributed by atoms with van der Waals surface area (Å²) in [5.74, 6) is 0. The molecule has 0 saturated heterocycles. The van der Waals surface area contributed by atoms with Gasteiger partial charge in [-0.1, -0.05) is 36.4 Å². The Labute approximate surface area is 112 Å². The van der Waals surface area contributed by atoms with E-state index >= 15 is 0 Å². The Balaban J connectivity index is 2.25. The molecular weight excluding hydrogens is 232 g/mol. The summed E-state index contributed by atoms with van der Waals surface area (Å²) < 4.78 is 0. The molecule has 0 spiro atoms. The zero-order valence-corrected chi connectivity index (χ0v) is 10.6. The predicted molar refractivity (Wildman–Crippen MR) is 76.6 cm³/mol. The molecule has 1 aromatic heterocycles. The molecule has 3 aromatic rings. The number of fused-ring (bicyclic) bond motifs is 1. The van der Waals surface area contributed by atoms with Gasteiger partial charge < -0.3 is 0 Å². The second-order valence-corrected chi connectivity index (χ2v) is 4.52. The molecule has 0 aliphatic carbocycles. The van der Waals surface area contributed by atoms with Gasteiger partial charge in [0.2, 0.25) is 0 Å². The highest BCUT2D eigenvalue weighted by Crippen LogP contribution is 2.28. The van der Waals surface area contributed by atoms with Gasteiger partial charge in [-0.25, -0.2) is 0 Å². The Morgan fingerprint density at radius 2 is 1.63 bits per heavy atom. The van der Waals surface area contributed by atoms with Gasteiger partial charge in [0.15, 0.2) is 0 Å². The van der Waals surface area contributed by atoms with E-state index in [1.807, 2.05) is 42.6 Å². The van der Waals surface area contributed by atoms with Gasteiger partial charge in [-0.05, 0) is 30.0 Å². The van der Waals surface area contributed by atoms with Crippen LogP contribution in [0.5, 0.6) is 0 Å². The van der Waals surface area contributed by atoms with Crippen LogP contribution in [0.1, 0.15) is 11.1 Å². The van der Waals surface area contributed by atoms with Crippen LogP contribution < -0.4 is 0 Å². The van der Waals surface area contributed by atoms with Gasteiger partial charge in [-0.3, -0.25) is 4.98 Å². The molecule has 0 fully saturated rings. The van der Waals surface area contributed by atoms with Crippen LogP contribution in [0.25, 0.3) is 22.0 Å². The van der Waals surface area contributed by atoms with Crippen molar-refractivity contribution in [3.63, 3.8) is 0 Å². The standard InChI is InChI=1S/C17H12N2/c1-12-11-19-17(16-5-3-2-4-15(12)16)14-8-6-13(10-18)7-9-14/h2-9,11H,1H3. The van der Waals surface area contributed by atoms with Crippen LogP contribution in [0.3, 0.4) is 0 Å². The first kappa shape index (κ1) is 11.4. The third-order valence-electron chi connectivity index (χ3n) is 3.28. The van der Waals surface area contributed by atoms with Crippen LogP contribution in [0.2, 0.25) is 0 Å². The van der Waals surface area contributed by atoms with Gasteiger partial charge in [0, 0.05) is 17.1 Å². The molecule has 0 radical (unpaired) electrons. The van der Waals surface area contributed by atoms with Crippen LogP contribution >= 0.6 is 0 Å². The summed E-state index contributed by atoms with van der Waals surface area (Å²) in [6, 6.07) is 17.9. The third-order valence-corrected chi connectivity index (χ3v) is 3.28. The Morgan fingerprint density at radius 1 is 0.947 bits per heavy atom. The van der Waals surface area contributed by atoms with Crippen molar-refractivity contribution in [1.82, 2.24) is 4.98 Å². The second kappa shape index (κ2) is 4.55. The minimum absolute atomic E-state index is 0.667. The van der Waals surface area contributed by atoms with E-state index in [4.69, 9.17) is 5.26 Å². The lowest BCUT2D eigenvalue weighted by atomic mass is 10.0. The number of nitriles is 1. The zero-order valence-electron chi connectivity index (χ0n) is 10.6. The quantitative estimate of drug-likeness (QED) is 0.646. The van der Waals surface area contributed by atoms with Crippen LogP contribution in [-0.4, -0.2) is 4.98 Å². The van der Waals surface area contributed by atoms with Crippen molar-refractivity contribution in [2.45, 2.75) is 6.92 Å². The van der Waals surface area contributed by atoms with E-state index in [1.165, 1.54) is 10.9 Å². The topological polar surface area (TPSA) is 36.7 Å². The van der Waals surface area contributed by atoms with E-state index in [0.29, 0.717) is 5.56 Å². The molecule has 0 bridgehead atoms. The van der Waals surface area contributed by atoms with Crippen molar-refractivity contribution in [3.05, 3.63) is 65.9 Å². The molecule has 0 aliphatic heterocycles. The highest BCUT2D eigenvalue weighted by Gasteiger charge is 2.06. The van der Waals surface area contributed by atoms with E-state index < -0.39 is 0 Å². The van der Waals surface area contributed by atoms with Gasteiger partial charge in [0.1, 0.15) is 0 Å². The molecule has 3 rings (SSSR count). The molecule has 0 amide bonds. The number of rotatable bonds is 1. The van der Waals surface area contributed by atoms with Crippen LogP contribution in [0.15, 0.2) is 54.7 Å². The molecule has 0 aliphatic rings. The predicted octanol–water partition coefficient (Wildman–Crippen LogP) is 4.08. The highest BCUT2D eigenvalue weighted by molar-refractivity contribution is 5.96. The third kappa shape index (κ3) is 1.96. The lowest BCUT2D eigenvalue weighted by molar-refractivity contribution is 1.31. The van der Waals surface area contributed by atoms with Crippen molar-refractivity contribution in [2.75, 3.05) is 0 Å². The van der Waals surface area contributed by atoms with Crippen molar-refractivity contribution in [1.29, 1.82) is 5.26 Å². The van der Waals surface area contributed by atoms with Gasteiger partial charge in [0.05, 0.1) is 17.3 Å². The van der Waals surface area contributed by atoms with Crippen molar-refractivity contribution in [2.24, 2.45) is 0 Å². The Bertz CT molecular complexity index is 780. The number of aryl methyl sites for hydroxylation is 1. The molecule has 0 saturated carbocycles. The average Bonchev–Trinajstić information content (AvgIpc) is 2.48. The summed E-state index contributed by atoms with van der Waals surface area (Å²) in [5.41, 5.74) is 3.84. The smallest absolute Gasteiger partial charge is 0.0991 e. The molecule has 2 aromatic carbocycles. The molecule has 19 heavy (non-hydrogen) atoms. The minimum Gasteiger partial charge on any atom is -0.255 e. The molecule has 90 valence electrons. The molecule has 1 heterocycles. The second-order valence-electron chi connectivity index (χ2n) is 4.52. The lowest BCUT2D eigenvalue weighted by Gasteiger charge is -2.08. The normalized spacial score (nSPS) is 10.3. The minimum atomic E-state index is 0.667. The Hall–Kier alpha value is -2.66. The van der Waals surface area contributed by atoms with Crippen molar-refractivity contribution in [3.8, 4) is 17.3 Å². The summed E-state index contributed by atoms with van der Waals surface area (Å²) in [6.07, 6.45) is 1.90. The number of pyridine rings is 1. The molecular formula is C17H12N2. The van der Waals surface area contributed by atoms with Gasteiger partial charge in [-0.2, -0.15) is 5.26 Å².